The summed E-state index contributed by atoms with van der Waals surface area (Å²) in [6, 6.07) is 9.61. The molecule has 7 nitrogen and oxygen atoms in total. The summed E-state index contributed by atoms with van der Waals surface area (Å²) >= 11 is 2.59. The molecule has 1 aromatic carbocycles. The summed E-state index contributed by atoms with van der Waals surface area (Å²) in [4.78, 5) is 33.4. The summed E-state index contributed by atoms with van der Waals surface area (Å²) < 4.78 is 4.97. The van der Waals surface area contributed by atoms with Crippen LogP contribution in [0.4, 0.5) is 0 Å². The molecule has 2 N–H and O–H groups in total. The van der Waals surface area contributed by atoms with Crippen molar-refractivity contribution >= 4 is 34.5 Å². The predicted molar refractivity (Wildman–Crippen MR) is 100 cm³/mol. The Balaban J connectivity index is 1.64. The highest BCUT2D eigenvalue weighted by Gasteiger charge is 2.18. The highest BCUT2D eigenvalue weighted by Crippen LogP contribution is 2.27. The minimum atomic E-state index is -0.484. The zero-order valence-electron chi connectivity index (χ0n) is 14.1. The number of ether oxygens (including phenoxy) is 1. The molecule has 0 unspecified atom stereocenters. The second kappa shape index (κ2) is 8.17. The first-order chi connectivity index (χ1) is 12.6. The van der Waals surface area contributed by atoms with Crippen molar-refractivity contribution in [2.45, 2.75) is 13.5 Å². The Morgan fingerprint density at radius 3 is 2.58 bits per heavy atom. The van der Waals surface area contributed by atoms with Crippen LogP contribution in [0.5, 0.6) is 0 Å². The van der Waals surface area contributed by atoms with E-state index in [1.807, 2.05) is 30.3 Å². The van der Waals surface area contributed by atoms with Crippen molar-refractivity contribution < 1.29 is 14.3 Å². The molecule has 0 aliphatic carbocycles. The molecule has 0 fully saturated rings. The van der Waals surface area contributed by atoms with Gasteiger partial charge in [0.05, 0.1) is 12.3 Å². The van der Waals surface area contributed by atoms with Crippen LogP contribution in [0.2, 0.25) is 0 Å². The van der Waals surface area contributed by atoms with E-state index in [4.69, 9.17) is 4.74 Å². The third-order valence-corrected chi connectivity index (χ3v) is 5.39. The second-order valence-electron chi connectivity index (χ2n) is 5.27. The van der Waals surface area contributed by atoms with Crippen LogP contribution in [0.15, 0.2) is 35.7 Å². The number of aromatic nitrogens is 2. The molecule has 0 spiro atoms. The van der Waals surface area contributed by atoms with Crippen molar-refractivity contribution in [1.82, 2.24) is 20.8 Å². The average molecular weight is 388 g/mol. The van der Waals surface area contributed by atoms with Crippen LogP contribution in [0.25, 0.3) is 10.6 Å². The van der Waals surface area contributed by atoms with E-state index in [2.05, 4.69) is 20.8 Å². The largest absolute Gasteiger partial charge is 0.378 e. The van der Waals surface area contributed by atoms with Crippen molar-refractivity contribution in [3.05, 3.63) is 57.0 Å². The van der Waals surface area contributed by atoms with E-state index in [0.717, 1.165) is 10.6 Å². The van der Waals surface area contributed by atoms with Crippen molar-refractivity contribution in [3.63, 3.8) is 0 Å². The van der Waals surface area contributed by atoms with E-state index in [0.29, 0.717) is 22.2 Å². The lowest BCUT2D eigenvalue weighted by Gasteiger charge is -2.04. The van der Waals surface area contributed by atoms with Gasteiger partial charge in [-0.05, 0) is 6.92 Å². The van der Waals surface area contributed by atoms with Crippen molar-refractivity contribution in [1.29, 1.82) is 0 Å². The normalized spacial score (nSPS) is 10.5. The van der Waals surface area contributed by atoms with E-state index >= 15 is 0 Å². The van der Waals surface area contributed by atoms with Gasteiger partial charge in [0.2, 0.25) is 0 Å². The molecule has 2 amide bonds. The van der Waals surface area contributed by atoms with Crippen LogP contribution in [0.1, 0.15) is 30.9 Å². The van der Waals surface area contributed by atoms with Crippen LogP contribution in [-0.2, 0) is 11.3 Å². The van der Waals surface area contributed by atoms with Gasteiger partial charge >= 0.3 is 0 Å². The van der Waals surface area contributed by atoms with Crippen LogP contribution >= 0.6 is 22.7 Å². The highest BCUT2D eigenvalue weighted by atomic mass is 32.1. The number of amides is 2. The minimum absolute atomic E-state index is 0.230. The number of hydrogen-bond acceptors (Lipinski definition) is 7. The second-order valence-corrected chi connectivity index (χ2v) is 7.21. The molecule has 0 radical (unpaired) electrons. The first kappa shape index (κ1) is 18.2. The standard InChI is InChI=1S/C17H16N4O3S2/c1-10-14(26-17(18-10)11-6-4-3-5-7-11)16(23)21-20-15(22)12-9-25-13(19-12)8-24-2/h3-7,9H,8H2,1-2H3,(H,20,22)(H,21,23). The van der Waals surface area contributed by atoms with Crippen LogP contribution < -0.4 is 10.9 Å². The summed E-state index contributed by atoms with van der Waals surface area (Å²) in [5.74, 6) is -0.898. The average Bonchev–Trinajstić information content (AvgIpc) is 3.27. The third-order valence-electron chi connectivity index (χ3n) is 3.37. The van der Waals surface area contributed by atoms with Crippen LogP contribution in [0.3, 0.4) is 0 Å². The summed E-state index contributed by atoms with van der Waals surface area (Å²) in [7, 11) is 1.56. The van der Waals surface area contributed by atoms with E-state index in [1.165, 1.54) is 22.7 Å². The lowest BCUT2D eigenvalue weighted by Crippen LogP contribution is -2.41. The summed E-state index contributed by atoms with van der Waals surface area (Å²) in [6.07, 6.45) is 0. The molecule has 134 valence electrons. The number of rotatable bonds is 5. The van der Waals surface area contributed by atoms with Crippen molar-refractivity contribution in [2.24, 2.45) is 0 Å². The third kappa shape index (κ3) is 4.13. The number of nitrogens with zero attached hydrogens (tertiary/aromatic N) is 2. The van der Waals surface area contributed by atoms with E-state index in [9.17, 15) is 9.59 Å². The number of methoxy groups -OCH3 is 1. The minimum Gasteiger partial charge on any atom is -0.378 e. The van der Waals surface area contributed by atoms with Gasteiger partial charge in [0.15, 0.2) is 0 Å². The van der Waals surface area contributed by atoms with Gasteiger partial charge in [0.25, 0.3) is 11.8 Å². The zero-order valence-corrected chi connectivity index (χ0v) is 15.7. The van der Waals surface area contributed by atoms with Gasteiger partial charge in [0.1, 0.15) is 20.6 Å². The molecule has 0 aliphatic rings. The molecular formula is C17H16N4O3S2. The van der Waals surface area contributed by atoms with E-state index in [-0.39, 0.29) is 5.69 Å². The maximum Gasteiger partial charge on any atom is 0.289 e. The van der Waals surface area contributed by atoms with Crippen molar-refractivity contribution in [2.75, 3.05) is 7.11 Å². The SMILES string of the molecule is COCc1nc(C(=O)NNC(=O)c2sc(-c3ccccc3)nc2C)cs1. The van der Waals surface area contributed by atoms with E-state index < -0.39 is 11.8 Å². The Hall–Kier alpha value is -2.62. The van der Waals surface area contributed by atoms with Crippen LogP contribution in [-0.4, -0.2) is 28.9 Å². The van der Waals surface area contributed by atoms with Gasteiger partial charge in [-0.15, -0.1) is 22.7 Å². The molecule has 2 heterocycles. The smallest absolute Gasteiger partial charge is 0.289 e. The molecule has 0 atom stereocenters. The first-order valence-corrected chi connectivity index (χ1v) is 9.35. The Kier molecular flexibility index (Phi) is 5.71. The lowest BCUT2D eigenvalue weighted by molar-refractivity contribution is 0.0845. The van der Waals surface area contributed by atoms with Crippen molar-refractivity contribution in [3.8, 4) is 10.6 Å². The molecule has 9 heteroatoms. The number of benzene rings is 1. The molecule has 26 heavy (non-hydrogen) atoms. The number of hydrogen-bond donors (Lipinski definition) is 2. The van der Waals surface area contributed by atoms with Gasteiger partial charge < -0.3 is 4.74 Å². The molecule has 3 aromatic rings. The highest BCUT2D eigenvalue weighted by molar-refractivity contribution is 7.17. The quantitative estimate of drug-likeness (QED) is 0.656. The van der Waals surface area contributed by atoms with Gasteiger partial charge in [-0.3, -0.25) is 20.4 Å². The fourth-order valence-electron chi connectivity index (χ4n) is 2.15. The molecule has 0 aliphatic heterocycles. The summed E-state index contributed by atoms with van der Waals surface area (Å²) in [6.45, 7) is 2.10. The number of thiazole rings is 2. The summed E-state index contributed by atoms with van der Waals surface area (Å²) in [5.41, 5.74) is 6.56. The Morgan fingerprint density at radius 1 is 1.12 bits per heavy atom. The maximum atomic E-state index is 12.4. The summed E-state index contributed by atoms with van der Waals surface area (Å²) in [5, 5.41) is 3.06. The first-order valence-electron chi connectivity index (χ1n) is 7.65. The molecule has 0 saturated heterocycles. The Labute approximate surface area is 158 Å². The van der Waals surface area contributed by atoms with Gasteiger partial charge in [-0.1, -0.05) is 30.3 Å². The zero-order chi connectivity index (χ0) is 18.5. The predicted octanol–water partition coefficient (Wildman–Crippen LogP) is 2.80. The number of carbonyl (C=O) groups excluding carboxylic acids is 2. The molecular weight excluding hydrogens is 372 g/mol. The van der Waals surface area contributed by atoms with E-state index in [1.54, 1.807) is 19.4 Å². The molecule has 0 saturated carbocycles. The Bertz CT molecular complexity index is 921. The monoisotopic (exact) mass is 388 g/mol. The van der Waals surface area contributed by atoms with Gasteiger partial charge in [-0.2, -0.15) is 0 Å². The topological polar surface area (TPSA) is 93.2 Å². The fourth-order valence-corrected chi connectivity index (χ4v) is 3.86. The molecule has 3 rings (SSSR count). The fraction of sp³-hybridized carbons (Fsp3) is 0.176. The Morgan fingerprint density at radius 2 is 1.85 bits per heavy atom. The lowest BCUT2D eigenvalue weighted by atomic mass is 10.2. The van der Waals surface area contributed by atoms with Gasteiger partial charge in [-0.25, -0.2) is 9.97 Å². The van der Waals surface area contributed by atoms with Gasteiger partial charge in [0, 0.05) is 18.1 Å². The van der Waals surface area contributed by atoms with Crippen LogP contribution in [0, 0.1) is 6.92 Å². The molecule has 0 bridgehead atoms. The number of hydrazine groups is 1. The maximum absolute atomic E-state index is 12.4. The number of nitrogens with one attached hydrogen (secondary N) is 2. The number of aryl methyl sites for hydroxylation is 1. The number of carbonyl (C=O) groups is 2. The molecule has 2 aromatic heterocycles.